The van der Waals surface area contributed by atoms with E-state index in [0.29, 0.717) is 6.04 Å². The van der Waals surface area contributed by atoms with Gasteiger partial charge >= 0.3 is 0 Å². The molecule has 0 spiro atoms. The first kappa shape index (κ1) is 11.7. The third-order valence-electron chi connectivity index (χ3n) is 3.43. The molecule has 2 aromatic rings. The lowest BCUT2D eigenvalue weighted by Crippen LogP contribution is -2.07. The van der Waals surface area contributed by atoms with Crippen LogP contribution in [0.5, 0.6) is 0 Å². The summed E-state index contributed by atoms with van der Waals surface area (Å²) in [7, 11) is 0. The molecule has 1 aliphatic rings. The Kier molecular flexibility index (Phi) is 3.08. The number of rotatable bonds is 2. The van der Waals surface area contributed by atoms with Crippen molar-refractivity contribution >= 4 is 21.6 Å². The highest BCUT2D eigenvalue weighted by Gasteiger charge is 2.23. The second-order valence-corrected chi connectivity index (χ2v) is 5.65. The van der Waals surface area contributed by atoms with Gasteiger partial charge in [0.25, 0.3) is 0 Å². The highest BCUT2D eigenvalue weighted by atomic mass is 79.9. The molecule has 0 radical (unpaired) electrons. The molecule has 1 aromatic heterocycles. The van der Waals surface area contributed by atoms with E-state index in [0.717, 1.165) is 18.5 Å². The molecule has 92 valence electrons. The summed E-state index contributed by atoms with van der Waals surface area (Å²) in [5, 5.41) is 3.58. The molecule has 1 atom stereocenters. The van der Waals surface area contributed by atoms with Gasteiger partial charge in [0.2, 0.25) is 0 Å². The topological polar surface area (TPSA) is 24.9 Å². The Morgan fingerprint density at radius 2 is 2.22 bits per heavy atom. The van der Waals surface area contributed by atoms with Gasteiger partial charge in [-0.3, -0.25) is 4.98 Å². The van der Waals surface area contributed by atoms with E-state index in [1.807, 2.05) is 12.4 Å². The zero-order chi connectivity index (χ0) is 12.5. The van der Waals surface area contributed by atoms with Gasteiger partial charge in [0.1, 0.15) is 0 Å². The summed E-state index contributed by atoms with van der Waals surface area (Å²) in [5.74, 6) is 0. The van der Waals surface area contributed by atoms with Crippen molar-refractivity contribution in [1.82, 2.24) is 4.98 Å². The number of halogens is 1. The molecule has 0 amide bonds. The van der Waals surface area contributed by atoms with Crippen LogP contribution < -0.4 is 5.32 Å². The average molecular weight is 303 g/mol. The molecule has 1 unspecified atom stereocenters. The van der Waals surface area contributed by atoms with Crippen molar-refractivity contribution in [3.05, 3.63) is 57.8 Å². The maximum absolute atomic E-state index is 4.23. The van der Waals surface area contributed by atoms with Gasteiger partial charge in [-0.1, -0.05) is 28.1 Å². The number of nitrogens with zero attached hydrogens (tertiary/aromatic N) is 1. The maximum Gasteiger partial charge on any atom is 0.0534 e. The highest BCUT2D eigenvalue weighted by molar-refractivity contribution is 9.10. The van der Waals surface area contributed by atoms with E-state index in [2.05, 4.69) is 57.4 Å². The Bertz CT molecular complexity index is 580. The molecule has 0 aliphatic heterocycles. The number of nitrogens with one attached hydrogen (secondary N) is 1. The van der Waals surface area contributed by atoms with Crippen molar-refractivity contribution in [2.45, 2.75) is 25.8 Å². The van der Waals surface area contributed by atoms with Gasteiger partial charge in [0.15, 0.2) is 0 Å². The van der Waals surface area contributed by atoms with E-state index >= 15 is 0 Å². The van der Waals surface area contributed by atoms with Crippen molar-refractivity contribution in [2.75, 3.05) is 5.32 Å². The molecular formula is C15H15BrN2. The Labute approximate surface area is 116 Å². The zero-order valence-corrected chi connectivity index (χ0v) is 11.9. The summed E-state index contributed by atoms with van der Waals surface area (Å²) in [5.41, 5.74) is 5.14. The summed E-state index contributed by atoms with van der Waals surface area (Å²) < 4.78 is 1.23. The smallest absolute Gasteiger partial charge is 0.0534 e. The van der Waals surface area contributed by atoms with Crippen LogP contribution >= 0.6 is 15.9 Å². The van der Waals surface area contributed by atoms with Crippen LogP contribution in [0.4, 0.5) is 5.69 Å². The lowest BCUT2D eigenvalue weighted by Gasteiger charge is -2.15. The number of hydrogen-bond acceptors (Lipinski definition) is 2. The Morgan fingerprint density at radius 1 is 1.33 bits per heavy atom. The summed E-state index contributed by atoms with van der Waals surface area (Å²) in [6.45, 7) is 2.07. The molecule has 0 saturated carbocycles. The molecule has 1 N–H and O–H groups in total. The zero-order valence-electron chi connectivity index (χ0n) is 10.3. The minimum absolute atomic E-state index is 0.404. The minimum Gasteiger partial charge on any atom is -0.377 e. The van der Waals surface area contributed by atoms with Crippen molar-refractivity contribution in [2.24, 2.45) is 0 Å². The molecule has 1 aromatic carbocycles. The van der Waals surface area contributed by atoms with E-state index in [-0.39, 0.29) is 0 Å². The number of pyridine rings is 1. The van der Waals surface area contributed by atoms with Gasteiger partial charge < -0.3 is 5.32 Å². The third kappa shape index (κ3) is 2.15. The van der Waals surface area contributed by atoms with Crippen LogP contribution in [-0.4, -0.2) is 4.98 Å². The van der Waals surface area contributed by atoms with Crippen LogP contribution in [-0.2, 0) is 6.42 Å². The van der Waals surface area contributed by atoms with Crippen LogP contribution in [0, 0.1) is 6.92 Å². The summed E-state index contributed by atoms with van der Waals surface area (Å²) in [6, 6.07) is 8.99. The first-order valence-electron chi connectivity index (χ1n) is 6.19. The van der Waals surface area contributed by atoms with Crippen LogP contribution in [0.3, 0.4) is 0 Å². The predicted molar refractivity (Wildman–Crippen MR) is 77.8 cm³/mol. The first-order valence-corrected chi connectivity index (χ1v) is 6.99. The SMILES string of the molecule is Cc1cncc(NC2CCc3c(Br)cccc32)c1. The van der Waals surface area contributed by atoms with Gasteiger partial charge in [-0.15, -0.1) is 0 Å². The van der Waals surface area contributed by atoms with Crippen LogP contribution in [0.2, 0.25) is 0 Å². The largest absolute Gasteiger partial charge is 0.377 e. The van der Waals surface area contributed by atoms with Gasteiger partial charge in [0.05, 0.1) is 11.7 Å². The van der Waals surface area contributed by atoms with Crippen molar-refractivity contribution in [3.8, 4) is 0 Å². The third-order valence-corrected chi connectivity index (χ3v) is 4.17. The molecule has 18 heavy (non-hydrogen) atoms. The summed E-state index contributed by atoms with van der Waals surface area (Å²) in [4.78, 5) is 4.23. The normalized spacial score (nSPS) is 17.6. The molecule has 0 saturated heterocycles. The number of anilines is 1. The van der Waals surface area contributed by atoms with E-state index in [1.54, 1.807) is 0 Å². The molecule has 1 heterocycles. The fourth-order valence-electron chi connectivity index (χ4n) is 2.59. The predicted octanol–water partition coefficient (Wildman–Crippen LogP) is 4.25. The van der Waals surface area contributed by atoms with Crippen molar-refractivity contribution in [1.29, 1.82) is 0 Å². The Hall–Kier alpha value is -1.35. The van der Waals surface area contributed by atoms with Crippen molar-refractivity contribution in [3.63, 3.8) is 0 Å². The Morgan fingerprint density at radius 3 is 3.06 bits per heavy atom. The minimum atomic E-state index is 0.404. The number of aryl methyl sites for hydroxylation is 1. The van der Waals surface area contributed by atoms with Crippen LogP contribution in [0.1, 0.15) is 29.2 Å². The maximum atomic E-state index is 4.23. The average Bonchev–Trinajstić information content (AvgIpc) is 2.74. The van der Waals surface area contributed by atoms with E-state index in [4.69, 9.17) is 0 Å². The number of hydrogen-bond donors (Lipinski definition) is 1. The van der Waals surface area contributed by atoms with Gasteiger partial charge in [-0.2, -0.15) is 0 Å². The highest BCUT2D eigenvalue weighted by Crippen LogP contribution is 2.37. The monoisotopic (exact) mass is 302 g/mol. The molecule has 1 aliphatic carbocycles. The number of aromatic nitrogens is 1. The van der Waals surface area contributed by atoms with E-state index in [1.165, 1.54) is 21.2 Å². The van der Waals surface area contributed by atoms with Crippen molar-refractivity contribution < 1.29 is 0 Å². The molecule has 2 nitrogen and oxygen atoms in total. The van der Waals surface area contributed by atoms with Crippen LogP contribution in [0.25, 0.3) is 0 Å². The molecule has 0 fully saturated rings. The second-order valence-electron chi connectivity index (χ2n) is 4.79. The molecule has 3 heteroatoms. The van der Waals surface area contributed by atoms with Gasteiger partial charge in [0, 0.05) is 16.9 Å². The van der Waals surface area contributed by atoms with Gasteiger partial charge in [-0.25, -0.2) is 0 Å². The van der Waals surface area contributed by atoms with E-state index in [9.17, 15) is 0 Å². The Balaban J connectivity index is 1.87. The molecule has 0 bridgehead atoms. The second kappa shape index (κ2) is 4.73. The lowest BCUT2D eigenvalue weighted by molar-refractivity contribution is 0.761. The fourth-order valence-corrected chi connectivity index (χ4v) is 3.17. The standard InChI is InChI=1S/C15H15BrN2/c1-10-7-11(9-17-8-10)18-15-6-5-12-13(15)3-2-4-14(12)16/h2-4,7-9,15,18H,5-6H2,1H3. The number of fused-ring (bicyclic) bond motifs is 1. The molecule has 3 rings (SSSR count). The fraction of sp³-hybridized carbons (Fsp3) is 0.267. The number of benzene rings is 1. The molecular weight excluding hydrogens is 288 g/mol. The first-order chi connectivity index (χ1) is 8.74. The quantitative estimate of drug-likeness (QED) is 0.897. The summed E-state index contributed by atoms with van der Waals surface area (Å²) in [6.07, 6.45) is 6.05. The lowest BCUT2D eigenvalue weighted by atomic mass is 10.1. The summed E-state index contributed by atoms with van der Waals surface area (Å²) >= 11 is 3.63. The van der Waals surface area contributed by atoms with Gasteiger partial charge in [-0.05, 0) is 48.6 Å². The van der Waals surface area contributed by atoms with E-state index < -0.39 is 0 Å². The van der Waals surface area contributed by atoms with Crippen LogP contribution in [0.15, 0.2) is 41.1 Å².